The summed E-state index contributed by atoms with van der Waals surface area (Å²) in [5.41, 5.74) is 2.06. The van der Waals surface area contributed by atoms with Gasteiger partial charge in [0.2, 0.25) is 6.10 Å². The van der Waals surface area contributed by atoms with Crippen molar-refractivity contribution in [2.45, 2.75) is 32.4 Å². The van der Waals surface area contributed by atoms with Gasteiger partial charge in [-0.25, -0.2) is 0 Å². The first-order chi connectivity index (χ1) is 15.0. The molecule has 2 amide bonds. The molecule has 2 aliphatic heterocycles. The summed E-state index contributed by atoms with van der Waals surface area (Å²) in [6, 6.07) is 15.2. The van der Waals surface area contributed by atoms with E-state index in [2.05, 4.69) is 12.2 Å². The Morgan fingerprint density at radius 3 is 2.45 bits per heavy atom. The van der Waals surface area contributed by atoms with E-state index in [4.69, 9.17) is 9.47 Å². The summed E-state index contributed by atoms with van der Waals surface area (Å²) < 4.78 is 11.5. The van der Waals surface area contributed by atoms with Gasteiger partial charge in [-0.2, -0.15) is 0 Å². The van der Waals surface area contributed by atoms with Gasteiger partial charge < -0.3 is 24.6 Å². The molecule has 0 aromatic heterocycles. The number of carbonyl (C=O) groups excluding carboxylic acids is 2. The fraction of sp³-hybridized carbons (Fsp3) is 0.417. The molecule has 0 unspecified atom stereocenters. The van der Waals surface area contributed by atoms with Crippen LogP contribution >= 0.6 is 0 Å². The number of benzene rings is 2. The molecule has 2 atom stereocenters. The van der Waals surface area contributed by atoms with Gasteiger partial charge in [-0.05, 0) is 43.2 Å². The molecule has 2 aliphatic rings. The Balaban J connectivity index is 1.27. The van der Waals surface area contributed by atoms with Crippen LogP contribution in [-0.4, -0.2) is 61.6 Å². The quantitative estimate of drug-likeness (QED) is 0.755. The van der Waals surface area contributed by atoms with Crippen molar-refractivity contribution >= 4 is 17.5 Å². The summed E-state index contributed by atoms with van der Waals surface area (Å²) in [4.78, 5) is 28.6. The highest BCUT2D eigenvalue weighted by Gasteiger charge is 2.35. The number of para-hydroxylation sites is 2. The summed E-state index contributed by atoms with van der Waals surface area (Å²) in [5.74, 6) is 1.22. The molecule has 1 saturated heterocycles. The summed E-state index contributed by atoms with van der Waals surface area (Å²) >= 11 is 0. The number of rotatable bonds is 5. The molecule has 2 aromatic rings. The number of ether oxygens (including phenoxy) is 2. The first-order valence-corrected chi connectivity index (χ1v) is 11.0. The number of nitrogens with zero attached hydrogens (tertiary/aromatic N) is 1. The maximum atomic E-state index is 12.9. The summed E-state index contributed by atoms with van der Waals surface area (Å²) in [7, 11) is 0. The Morgan fingerprint density at radius 2 is 1.77 bits per heavy atom. The lowest BCUT2D eigenvalue weighted by atomic mass is 10.1. The van der Waals surface area contributed by atoms with Crippen LogP contribution in [0.4, 0.5) is 5.69 Å². The third kappa shape index (κ3) is 4.82. The summed E-state index contributed by atoms with van der Waals surface area (Å²) in [6.07, 6.45) is 0.353. The van der Waals surface area contributed by atoms with Crippen LogP contribution in [0.25, 0.3) is 0 Å². The molecule has 0 bridgehead atoms. The number of quaternary nitrogens is 1. The maximum absolute atomic E-state index is 12.9. The Kier molecular flexibility index (Phi) is 6.42. The van der Waals surface area contributed by atoms with E-state index in [9.17, 15) is 9.59 Å². The van der Waals surface area contributed by atoms with Crippen molar-refractivity contribution in [3.8, 4) is 11.5 Å². The molecule has 2 heterocycles. The minimum atomic E-state index is -0.622. The van der Waals surface area contributed by atoms with E-state index in [0.29, 0.717) is 24.6 Å². The van der Waals surface area contributed by atoms with Crippen molar-refractivity contribution in [3.63, 3.8) is 0 Å². The van der Waals surface area contributed by atoms with E-state index < -0.39 is 6.10 Å². The van der Waals surface area contributed by atoms with E-state index in [1.807, 2.05) is 60.4 Å². The van der Waals surface area contributed by atoms with E-state index >= 15 is 0 Å². The Morgan fingerprint density at radius 1 is 1.10 bits per heavy atom. The van der Waals surface area contributed by atoms with Gasteiger partial charge in [0.1, 0.15) is 6.61 Å². The number of hydrogen-bond donors (Lipinski definition) is 2. The lowest BCUT2D eigenvalue weighted by molar-refractivity contribution is -0.917. The number of piperazine rings is 1. The standard InChI is InChI=1S/C24H29N3O4/c1-3-18-8-10-19(11-9-18)25-23(28)17(2)26-12-14-27(15-13-26)24(29)22-16-30-20-6-4-5-7-21(20)31-22/h4-11,17,22H,3,12-16H2,1-2H3,(H,25,28)/p+1/t17-,22-/m1/s1. The van der Waals surface area contributed by atoms with Gasteiger partial charge >= 0.3 is 0 Å². The maximum Gasteiger partial charge on any atom is 0.282 e. The zero-order chi connectivity index (χ0) is 21.8. The van der Waals surface area contributed by atoms with Gasteiger partial charge in [0.25, 0.3) is 11.8 Å². The smallest absolute Gasteiger partial charge is 0.282 e. The topological polar surface area (TPSA) is 72.3 Å². The highest BCUT2D eigenvalue weighted by molar-refractivity contribution is 5.93. The second kappa shape index (κ2) is 9.39. The fourth-order valence-electron chi connectivity index (χ4n) is 4.05. The second-order valence-electron chi connectivity index (χ2n) is 8.11. The second-order valence-corrected chi connectivity index (χ2v) is 8.11. The predicted octanol–water partition coefficient (Wildman–Crippen LogP) is 1.14. The van der Waals surface area contributed by atoms with Crippen molar-refractivity contribution < 1.29 is 24.0 Å². The summed E-state index contributed by atoms with van der Waals surface area (Å²) in [5, 5.41) is 3.01. The molecule has 0 radical (unpaired) electrons. The molecule has 0 saturated carbocycles. The summed E-state index contributed by atoms with van der Waals surface area (Å²) in [6.45, 7) is 6.90. The number of hydrogen-bond acceptors (Lipinski definition) is 4. The lowest BCUT2D eigenvalue weighted by Crippen LogP contribution is -3.19. The molecule has 1 fully saturated rings. The lowest BCUT2D eigenvalue weighted by Gasteiger charge is -2.37. The first-order valence-electron chi connectivity index (χ1n) is 11.0. The van der Waals surface area contributed by atoms with Crippen LogP contribution in [0.5, 0.6) is 11.5 Å². The van der Waals surface area contributed by atoms with Gasteiger partial charge in [-0.15, -0.1) is 0 Å². The molecule has 0 spiro atoms. The molecule has 4 rings (SSSR count). The molecular weight excluding hydrogens is 394 g/mol. The number of anilines is 1. The van der Waals surface area contributed by atoms with E-state index in [1.54, 1.807) is 0 Å². The van der Waals surface area contributed by atoms with Crippen molar-refractivity contribution in [1.29, 1.82) is 0 Å². The zero-order valence-corrected chi connectivity index (χ0v) is 18.1. The van der Waals surface area contributed by atoms with Gasteiger partial charge in [0.15, 0.2) is 17.5 Å². The SMILES string of the molecule is CCc1ccc(NC(=O)[C@@H](C)[NH+]2CCN(C(=O)[C@H]3COc4ccccc4O3)CC2)cc1. The average molecular weight is 425 g/mol. The molecule has 164 valence electrons. The van der Waals surface area contributed by atoms with Gasteiger partial charge in [-0.3, -0.25) is 9.59 Å². The van der Waals surface area contributed by atoms with Gasteiger partial charge in [-0.1, -0.05) is 31.2 Å². The molecular formula is C24H30N3O4+. The molecule has 7 nitrogen and oxygen atoms in total. The zero-order valence-electron chi connectivity index (χ0n) is 18.1. The normalized spacial score (nSPS) is 19.5. The minimum Gasteiger partial charge on any atom is -0.485 e. The highest BCUT2D eigenvalue weighted by atomic mass is 16.6. The van der Waals surface area contributed by atoms with Crippen LogP contribution < -0.4 is 19.7 Å². The Bertz CT molecular complexity index is 923. The largest absolute Gasteiger partial charge is 0.485 e. The number of amides is 2. The third-order valence-electron chi connectivity index (χ3n) is 6.14. The van der Waals surface area contributed by atoms with Crippen LogP contribution in [-0.2, 0) is 16.0 Å². The van der Waals surface area contributed by atoms with Crippen LogP contribution in [0.1, 0.15) is 19.4 Å². The van der Waals surface area contributed by atoms with Gasteiger partial charge in [0, 0.05) is 5.69 Å². The third-order valence-corrected chi connectivity index (χ3v) is 6.14. The van der Waals surface area contributed by atoms with Crippen molar-refractivity contribution in [3.05, 3.63) is 54.1 Å². The Hall–Kier alpha value is -3.06. The van der Waals surface area contributed by atoms with Crippen molar-refractivity contribution in [2.75, 3.05) is 38.1 Å². The van der Waals surface area contributed by atoms with Crippen LogP contribution in [0.3, 0.4) is 0 Å². The number of aryl methyl sites for hydroxylation is 1. The molecule has 7 heteroatoms. The van der Waals surface area contributed by atoms with E-state index in [0.717, 1.165) is 25.2 Å². The predicted molar refractivity (Wildman–Crippen MR) is 118 cm³/mol. The van der Waals surface area contributed by atoms with Crippen molar-refractivity contribution in [2.24, 2.45) is 0 Å². The van der Waals surface area contributed by atoms with Crippen LogP contribution in [0.15, 0.2) is 48.5 Å². The fourth-order valence-corrected chi connectivity index (χ4v) is 4.05. The van der Waals surface area contributed by atoms with Crippen LogP contribution in [0.2, 0.25) is 0 Å². The monoisotopic (exact) mass is 424 g/mol. The van der Waals surface area contributed by atoms with E-state index in [-0.39, 0.29) is 24.5 Å². The van der Waals surface area contributed by atoms with Crippen LogP contribution in [0, 0.1) is 0 Å². The average Bonchev–Trinajstić information content (AvgIpc) is 2.83. The molecule has 31 heavy (non-hydrogen) atoms. The number of nitrogens with one attached hydrogen (secondary N) is 2. The molecule has 0 aliphatic carbocycles. The molecule has 2 N–H and O–H groups in total. The first kappa shape index (κ1) is 21.2. The highest BCUT2D eigenvalue weighted by Crippen LogP contribution is 2.31. The van der Waals surface area contributed by atoms with Gasteiger partial charge in [0.05, 0.1) is 26.2 Å². The number of fused-ring (bicyclic) bond motifs is 1. The van der Waals surface area contributed by atoms with E-state index in [1.165, 1.54) is 10.5 Å². The Labute approximate surface area is 182 Å². The van der Waals surface area contributed by atoms with Crippen molar-refractivity contribution in [1.82, 2.24) is 4.90 Å². The molecule has 2 aromatic carbocycles. The number of carbonyl (C=O) groups is 2. The minimum absolute atomic E-state index is 0.000328.